The van der Waals surface area contributed by atoms with Crippen molar-refractivity contribution in [2.45, 2.75) is 13.5 Å². The first-order valence-corrected chi connectivity index (χ1v) is 5.71. The Morgan fingerprint density at radius 2 is 2.20 bits per heavy atom. The molecular weight excluding hydrogens is 209 g/mol. The summed E-state index contributed by atoms with van der Waals surface area (Å²) in [6, 6.07) is 7.15. The summed E-state index contributed by atoms with van der Waals surface area (Å²) >= 11 is 1.68. The molecule has 0 unspecified atom stereocenters. The average molecular weight is 221 g/mol. The molecule has 1 aromatic carbocycles. The Hall–Kier alpha value is -1.35. The number of nitrogens with one attached hydrogen (secondary N) is 1. The number of rotatable bonds is 3. The molecule has 78 valence electrons. The molecule has 0 fully saturated rings. The molecule has 0 amide bonds. The van der Waals surface area contributed by atoms with E-state index in [2.05, 4.69) is 16.8 Å². The van der Waals surface area contributed by atoms with Crippen molar-refractivity contribution >= 4 is 17.0 Å². The van der Waals surface area contributed by atoms with Gasteiger partial charge in [0, 0.05) is 12.2 Å². The maximum Gasteiger partial charge on any atom is 0.126 e. The summed E-state index contributed by atoms with van der Waals surface area (Å²) in [4.78, 5) is 0. The van der Waals surface area contributed by atoms with Gasteiger partial charge in [0.1, 0.15) is 5.82 Å². The predicted molar refractivity (Wildman–Crippen MR) is 62.8 cm³/mol. The normalized spacial score (nSPS) is 10.3. The highest BCUT2D eigenvalue weighted by molar-refractivity contribution is 7.07. The maximum atomic E-state index is 13.0. The van der Waals surface area contributed by atoms with Crippen LogP contribution in [-0.4, -0.2) is 0 Å². The molecule has 0 spiro atoms. The highest BCUT2D eigenvalue weighted by Gasteiger charge is 1.98. The van der Waals surface area contributed by atoms with E-state index in [1.807, 2.05) is 11.4 Å². The quantitative estimate of drug-likeness (QED) is 0.831. The van der Waals surface area contributed by atoms with Crippen LogP contribution >= 0.6 is 11.3 Å². The van der Waals surface area contributed by atoms with E-state index in [-0.39, 0.29) is 5.82 Å². The van der Waals surface area contributed by atoms with E-state index >= 15 is 0 Å². The first kappa shape index (κ1) is 10.2. The van der Waals surface area contributed by atoms with Crippen molar-refractivity contribution in [1.82, 2.24) is 0 Å². The van der Waals surface area contributed by atoms with Crippen molar-refractivity contribution < 1.29 is 4.39 Å². The fourth-order valence-electron chi connectivity index (χ4n) is 1.35. The van der Waals surface area contributed by atoms with Crippen LogP contribution in [0.2, 0.25) is 0 Å². The van der Waals surface area contributed by atoms with Crippen LogP contribution in [0.25, 0.3) is 0 Å². The Morgan fingerprint density at radius 1 is 1.33 bits per heavy atom. The second-order valence-electron chi connectivity index (χ2n) is 3.45. The van der Waals surface area contributed by atoms with Gasteiger partial charge in [-0.2, -0.15) is 11.3 Å². The van der Waals surface area contributed by atoms with E-state index in [1.54, 1.807) is 24.3 Å². The molecule has 15 heavy (non-hydrogen) atoms. The Morgan fingerprint density at radius 3 is 2.87 bits per heavy atom. The molecule has 0 radical (unpaired) electrons. The average Bonchev–Trinajstić information content (AvgIpc) is 2.73. The monoisotopic (exact) mass is 221 g/mol. The van der Waals surface area contributed by atoms with Gasteiger partial charge in [-0.25, -0.2) is 4.39 Å². The molecule has 1 aromatic heterocycles. The van der Waals surface area contributed by atoms with Crippen LogP contribution in [0.15, 0.2) is 35.0 Å². The third-order valence-electron chi connectivity index (χ3n) is 2.23. The van der Waals surface area contributed by atoms with Crippen LogP contribution in [0.1, 0.15) is 11.1 Å². The van der Waals surface area contributed by atoms with E-state index in [1.165, 1.54) is 11.6 Å². The number of hydrogen-bond acceptors (Lipinski definition) is 2. The first-order valence-electron chi connectivity index (χ1n) is 4.77. The van der Waals surface area contributed by atoms with Crippen LogP contribution in [0, 0.1) is 12.7 Å². The van der Waals surface area contributed by atoms with Gasteiger partial charge < -0.3 is 5.32 Å². The number of halogens is 1. The predicted octanol–water partition coefficient (Wildman–Crippen LogP) is 3.81. The van der Waals surface area contributed by atoms with Crippen molar-refractivity contribution in [3.8, 4) is 0 Å². The number of hydrogen-bond donors (Lipinski definition) is 1. The largest absolute Gasteiger partial charge is 0.381 e. The minimum atomic E-state index is -0.156. The van der Waals surface area contributed by atoms with Gasteiger partial charge in [0.25, 0.3) is 0 Å². The second kappa shape index (κ2) is 4.45. The molecule has 0 aliphatic carbocycles. The summed E-state index contributed by atoms with van der Waals surface area (Å²) in [5.41, 5.74) is 2.88. The number of thiophene rings is 1. The van der Waals surface area contributed by atoms with Crippen LogP contribution in [-0.2, 0) is 6.54 Å². The standard InChI is InChI=1S/C12H12FNS/c1-9-6-11(2-3-12(9)13)14-7-10-4-5-15-8-10/h2-6,8,14H,7H2,1H3. The summed E-state index contributed by atoms with van der Waals surface area (Å²) < 4.78 is 13.0. The molecular formula is C12H12FNS. The molecule has 0 saturated carbocycles. The Kier molecular flexibility index (Phi) is 3.02. The van der Waals surface area contributed by atoms with Gasteiger partial charge in [-0.05, 0) is 53.1 Å². The van der Waals surface area contributed by atoms with Gasteiger partial charge in [-0.3, -0.25) is 0 Å². The number of benzene rings is 1. The van der Waals surface area contributed by atoms with Crippen molar-refractivity contribution in [2.75, 3.05) is 5.32 Å². The summed E-state index contributed by atoms with van der Waals surface area (Å²) in [6.07, 6.45) is 0. The molecule has 0 aliphatic heterocycles. The third-order valence-corrected chi connectivity index (χ3v) is 2.97. The van der Waals surface area contributed by atoms with Gasteiger partial charge >= 0.3 is 0 Å². The Balaban J connectivity index is 2.02. The molecule has 1 nitrogen and oxygen atoms in total. The summed E-state index contributed by atoms with van der Waals surface area (Å²) in [7, 11) is 0. The van der Waals surface area contributed by atoms with Crippen molar-refractivity contribution in [1.29, 1.82) is 0 Å². The van der Waals surface area contributed by atoms with Crippen LogP contribution < -0.4 is 5.32 Å². The molecule has 3 heteroatoms. The Bertz CT molecular complexity index is 437. The zero-order valence-corrected chi connectivity index (χ0v) is 9.27. The summed E-state index contributed by atoms with van der Waals surface area (Å²) in [5, 5.41) is 7.40. The van der Waals surface area contributed by atoms with Crippen LogP contribution in [0.4, 0.5) is 10.1 Å². The third kappa shape index (κ3) is 2.57. The smallest absolute Gasteiger partial charge is 0.126 e. The summed E-state index contributed by atoms with van der Waals surface area (Å²) in [6.45, 7) is 2.56. The lowest BCUT2D eigenvalue weighted by Crippen LogP contribution is -1.98. The molecule has 2 rings (SSSR count). The maximum absolute atomic E-state index is 13.0. The number of aryl methyl sites for hydroxylation is 1. The molecule has 2 aromatic rings. The highest BCUT2D eigenvalue weighted by Crippen LogP contribution is 2.15. The number of anilines is 1. The lowest BCUT2D eigenvalue weighted by Gasteiger charge is -2.06. The zero-order valence-electron chi connectivity index (χ0n) is 8.46. The van der Waals surface area contributed by atoms with E-state index in [4.69, 9.17) is 0 Å². The van der Waals surface area contributed by atoms with Gasteiger partial charge in [0.2, 0.25) is 0 Å². The highest BCUT2D eigenvalue weighted by atomic mass is 32.1. The van der Waals surface area contributed by atoms with E-state index in [0.29, 0.717) is 5.56 Å². The van der Waals surface area contributed by atoms with E-state index in [0.717, 1.165) is 12.2 Å². The van der Waals surface area contributed by atoms with E-state index in [9.17, 15) is 4.39 Å². The first-order chi connectivity index (χ1) is 7.25. The van der Waals surface area contributed by atoms with Gasteiger partial charge in [0.05, 0.1) is 0 Å². The van der Waals surface area contributed by atoms with Gasteiger partial charge in [-0.15, -0.1) is 0 Å². The molecule has 1 N–H and O–H groups in total. The fraction of sp³-hybridized carbons (Fsp3) is 0.167. The van der Waals surface area contributed by atoms with E-state index < -0.39 is 0 Å². The van der Waals surface area contributed by atoms with Crippen LogP contribution in [0.3, 0.4) is 0 Å². The topological polar surface area (TPSA) is 12.0 Å². The molecule has 0 aliphatic rings. The zero-order chi connectivity index (χ0) is 10.7. The van der Waals surface area contributed by atoms with Crippen molar-refractivity contribution in [3.05, 3.63) is 52.0 Å². The lowest BCUT2D eigenvalue weighted by molar-refractivity contribution is 0.618. The summed E-state index contributed by atoms with van der Waals surface area (Å²) in [5.74, 6) is -0.156. The SMILES string of the molecule is Cc1cc(NCc2ccsc2)ccc1F. The van der Waals surface area contributed by atoms with Gasteiger partial charge in [-0.1, -0.05) is 0 Å². The molecule has 1 heterocycles. The second-order valence-corrected chi connectivity index (χ2v) is 4.23. The Labute approximate surface area is 92.6 Å². The fourth-order valence-corrected chi connectivity index (χ4v) is 2.02. The van der Waals surface area contributed by atoms with Gasteiger partial charge in [0.15, 0.2) is 0 Å². The lowest BCUT2D eigenvalue weighted by atomic mass is 10.2. The molecule has 0 saturated heterocycles. The van der Waals surface area contributed by atoms with Crippen molar-refractivity contribution in [2.24, 2.45) is 0 Å². The molecule has 0 atom stereocenters. The van der Waals surface area contributed by atoms with Crippen molar-refractivity contribution in [3.63, 3.8) is 0 Å². The minimum absolute atomic E-state index is 0.156. The molecule has 0 bridgehead atoms. The van der Waals surface area contributed by atoms with Crippen LogP contribution in [0.5, 0.6) is 0 Å². The minimum Gasteiger partial charge on any atom is -0.381 e.